The summed E-state index contributed by atoms with van der Waals surface area (Å²) in [6, 6.07) is 1.24. The van der Waals surface area contributed by atoms with Gasteiger partial charge in [0, 0.05) is 43.8 Å². The Morgan fingerprint density at radius 2 is 2.00 bits per heavy atom. The molecule has 0 saturated carbocycles. The molecule has 0 atom stereocenters. The van der Waals surface area contributed by atoms with Gasteiger partial charge in [0.25, 0.3) is 5.56 Å². The van der Waals surface area contributed by atoms with Crippen LogP contribution in [-0.2, 0) is 6.54 Å². The molecule has 0 aromatic carbocycles. The van der Waals surface area contributed by atoms with Gasteiger partial charge in [-0.05, 0) is 0 Å². The van der Waals surface area contributed by atoms with Crippen molar-refractivity contribution >= 4 is 17.6 Å². The Kier molecular flexibility index (Phi) is 3.90. The van der Waals surface area contributed by atoms with Crippen molar-refractivity contribution in [1.29, 1.82) is 0 Å². The van der Waals surface area contributed by atoms with Crippen molar-refractivity contribution in [3.05, 3.63) is 26.9 Å². The summed E-state index contributed by atoms with van der Waals surface area (Å²) in [6.07, 6.45) is 0. The molecule has 1 aliphatic rings. The zero-order valence-electron chi connectivity index (χ0n) is 9.52. The molecule has 1 aliphatic heterocycles. The summed E-state index contributed by atoms with van der Waals surface area (Å²) in [5, 5.41) is 0. The summed E-state index contributed by atoms with van der Waals surface area (Å²) < 4.78 is 1.41. The Bertz CT molecular complexity index is 490. The Morgan fingerprint density at radius 1 is 1.29 bits per heavy atom. The van der Waals surface area contributed by atoms with E-state index >= 15 is 0 Å². The van der Waals surface area contributed by atoms with Crippen molar-refractivity contribution in [1.82, 2.24) is 14.5 Å². The topological polar surface area (TPSA) is 84.1 Å². The van der Waals surface area contributed by atoms with E-state index in [2.05, 4.69) is 9.88 Å². The van der Waals surface area contributed by atoms with Gasteiger partial charge in [-0.2, -0.15) is 11.8 Å². The van der Waals surface area contributed by atoms with Gasteiger partial charge >= 0.3 is 5.69 Å². The Morgan fingerprint density at radius 3 is 2.65 bits per heavy atom. The third kappa shape index (κ3) is 3.13. The molecule has 0 spiro atoms. The number of nitrogens with zero attached hydrogens (tertiary/aromatic N) is 2. The molecule has 2 heterocycles. The van der Waals surface area contributed by atoms with Crippen LogP contribution in [0.15, 0.2) is 15.7 Å². The summed E-state index contributed by atoms with van der Waals surface area (Å²) in [4.78, 5) is 27.1. The lowest BCUT2D eigenvalue weighted by molar-refractivity contribution is 0.288. The van der Waals surface area contributed by atoms with E-state index in [1.807, 2.05) is 11.8 Å². The molecular formula is C10H16N4O2S. The summed E-state index contributed by atoms with van der Waals surface area (Å²) in [5.41, 5.74) is 4.78. The number of nitrogens with two attached hydrogens (primary N) is 1. The van der Waals surface area contributed by atoms with Crippen molar-refractivity contribution in [3.63, 3.8) is 0 Å². The average molecular weight is 256 g/mol. The van der Waals surface area contributed by atoms with Gasteiger partial charge in [-0.1, -0.05) is 0 Å². The third-order valence-corrected chi connectivity index (χ3v) is 3.75. The van der Waals surface area contributed by atoms with Gasteiger partial charge in [-0.3, -0.25) is 19.2 Å². The van der Waals surface area contributed by atoms with Gasteiger partial charge in [0.1, 0.15) is 5.82 Å². The van der Waals surface area contributed by atoms with E-state index in [4.69, 9.17) is 5.73 Å². The van der Waals surface area contributed by atoms with Crippen LogP contribution in [0.1, 0.15) is 0 Å². The second-order valence-electron chi connectivity index (χ2n) is 3.97. The minimum Gasteiger partial charge on any atom is -0.385 e. The lowest BCUT2D eigenvalue weighted by atomic mass is 10.4. The minimum atomic E-state index is -0.446. The predicted octanol–water partition coefficient (Wildman–Crippen LogP) is -0.832. The fourth-order valence-corrected chi connectivity index (χ4v) is 2.81. The summed E-state index contributed by atoms with van der Waals surface area (Å²) in [5.74, 6) is 2.50. The fourth-order valence-electron chi connectivity index (χ4n) is 1.84. The van der Waals surface area contributed by atoms with Crippen molar-refractivity contribution in [2.75, 3.05) is 36.9 Å². The molecule has 3 N–H and O–H groups in total. The zero-order chi connectivity index (χ0) is 12.3. The first-order valence-electron chi connectivity index (χ1n) is 5.56. The lowest BCUT2D eigenvalue weighted by Gasteiger charge is -2.26. The van der Waals surface area contributed by atoms with Crippen LogP contribution < -0.4 is 17.0 Å². The van der Waals surface area contributed by atoms with Crippen molar-refractivity contribution < 1.29 is 0 Å². The minimum absolute atomic E-state index is 0.227. The molecule has 1 aromatic rings. The SMILES string of the molecule is Nc1cc(=O)[nH]c(=O)n1CCN1CCSCC1. The number of anilines is 1. The molecule has 1 saturated heterocycles. The highest BCUT2D eigenvalue weighted by atomic mass is 32.2. The number of hydrogen-bond acceptors (Lipinski definition) is 5. The van der Waals surface area contributed by atoms with Crippen LogP contribution in [0.4, 0.5) is 5.82 Å². The number of H-pyrrole nitrogens is 1. The predicted molar refractivity (Wildman–Crippen MR) is 69.5 cm³/mol. The van der Waals surface area contributed by atoms with Crippen LogP contribution in [0.2, 0.25) is 0 Å². The van der Waals surface area contributed by atoms with Gasteiger partial charge in [-0.15, -0.1) is 0 Å². The van der Waals surface area contributed by atoms with Gasteiger partial charge in [-0.25, -0.2) is 4.79 Å². The number of aromatic amines is 1. The summed E-state index contributed by atoms with van der Waals surface area (Å²) in [6.45, 7) is 3.40. The Hall–Kier alpha value is -1.21. The highest BCUT2D eigenvalue weighted by Crippen LogP contribution is 2.08. The van der Waals surface area contributed by atoms with Gasteiger partial charge in [0.15, 0.2) is 0 Å². The molecule has 0 bridgehead atoms. The lowest BCUT2D eigenvalue weighted by Crippen LogP contribution is -2.38. The normalized spacial score (nSPS) is 17.2. The van der Waals surface area contributed by atoms with Gasteiger partial charge < -0.3 is 5.73 Å². The van der Waals surface area contributed by atoms with Crippen LogP contribution in [-0.4, -0.2) is 45.6 Å². The third-order valence-electron chi connectivity index (χ3n) is 2.81. The van der Waals surface area contributed by atoms with E-state index in [0.29, 0.717) is 6.54 Å². The smallest absolute Gasteiger partial charge is 0.329 e. The van der Waals surface area contributed by atoms with Gasteiger partial charge in [0.05, 0.1) is 0 Å². The average Bonchev–Trinajstić information content (AvgIpc) is 2.29. The van der Waals surface area contributed by atoms with Crippen LogP contribution in [0.5, 0.6) is 0 Å². The molecule has 6 nitrogen and oxygen atoms in total. The first-order valence-corrected chi connectivity index (χ1v) is 6.72. The standard InChI is InChI=1S/C10H16N4O2S/c11-8-7-9(15)12-10(16)14(8)2-1-13-3-5-17-6-4-13/h7H,1-6,11H2,(H,12,15,16). The molecule has 0 aliphatic carbocycles. The number of nitrogens with one attached hydrogen (secondary N) is 1. The molecule has 1 fully saturated rings. The number of rotatable bonds is 3. The number of hydrogen-bond donors (Lipinski definition) is 2. The monoisotopic (exact) mass is 256 g/mol. The molecule has 94 valence electrons. The van der Waals surface area contributed by atoms with Crippen LogP contribution in [0.25, 0.3) is 0 Å². The van der Waals surface area contributed by atoms with Crippen LogP contribution in [0, 0.1) is 0 Å². The fraction of sp³-hybridized carbons (Fsp3) is 0.600. The molecular weight excluding hydrogens is 240 g/mol. The molecule has 1 aromatic heterocycles. The maximum absolute atomic E-state index is 11.5. The van der Waals surface area contributed by atoms with Crippen molar-refractivity contribution in [2.45, 2.75) is 6.54 Å². The molecule has 17 heavy (non-hydrogen) atoms. The van der Waals surface area contributed by atoms with Crippen molar-refractivity contribution in [3.8, 4) is 0 Å². The van der Waals surface area contributed by atoms with E-state index in [9.17, 15) is 9.59 Å². The Balaban J connectivity index is 2.03. The maximum atomic E-state index is 11.5. The molecule has 0 unspecified atom stereocenters. The quantitative estimate of drug-likeness (QED) is 0.737. The highest BCUT2D eigenvalue weighted by Gasteiger charge is 2.11. The molecule has 2 rings (SSSR count). The van der Waals surface area contributed by atoms with Crippen molar-refractivity contribution in [2.24, 2.45) is 0 Å². The second kappa shape index (κ2) is 5.42. The van der Waals surface area contributed by atoms with E-state index in [0.717, 1.165) is 31.1 Å². The molecule has 0 radical (unpaired) electrons. The largest absolute Gasteiger partial charge is 0.385 e. The zero-order valence-corrected chi connectivity index (χ0v) is 10.3. The number of thioether (sulfide) groups is 1. The summed E-state index contributed by atoms with van der Waals surface area (Å²) >= 11 is 1.95. The van der Waals surface area contributed by atoms with E-state index in [-0.39, 0.29) is 5.82 Å². The van der Waals surface area contributed by atoms with Crippen LogP contribution >= 0.6 is 11.8 Å². The number of aromatic nitrogens is 2. The first-order chi connectivity index (χ1) is 8.16. The second-order valence-corrected chi connectivity index (χ2v) is 5.19. The molecule has 7 heteroatoms. The number of nitrogen functional groups attached to an aromatic ring is 1. The first kappa shape index (κ1) is 12.3. The van der Waals surface area contributed by atoms with E-state index in [1.54, 1.807) is 0 Å². The van der Waals surface area contributed by atoms with Crippen LogP contribution in [0.3, 0.4) is 0 Å². The van der Waals surface area contributed by atoms with E-state index in [1.165, 1.54) is 10.6 Å². The van der Waals surface area contributed by atoms with Gasteiger partial charge in [0.2, 0.25) is 0 Å². The van der Waals surface area contributed by atoms with E-state index < -0.39 is 11.2 Å². The summed E-state index contributed by atoms with van der Waals surface area (Å²) in [7, 11) is 0. The highest BCUT2D eigenvalue weighted by molar-refractivity contribution is 7.99. The Labute approximate surface area is 103 Å². The molecule has 0 amide bonds. The maximum Gasteiger partial charge on any atom is 0.329 e.